The van der Waals surface area contributed by atoms with Gasteiger partial charge in [-0.15, -0.1) is 10.2 Å². The molecule has 0 bridgehead atoms. The lowest BCUT2D eigenvalue weighted by molar-refractivity contribution is -0.0482. The Balaban J connectivity index is 1.81. The van der Waals surface area contributed by atoms with Gasteiger partial charge in [-0.2, -0.15) is 0 Å². The van der Waals surface area contributed by atoms with Crippen LogP contribution in [0.5, 0.6) is 0 Å². The van der Waals surface area contributed by atoms with Gasteiger partial charge in [0, 0.05) is 12.6 Å². The monoisotopic (exact) mass is 411 g/mol. The minimum atomic E-state index is -1.18. The van der Waals surface area contributed by atoms with Crippen LogP contribution in [-0.2, 0) is 11.4 Å². The summed E-state index contributed by atoms with van der Waals surface area (Å²) in [5, 5.41) is 23.6. The Morgan fingerprint density at radius 1 is 1.20 bits per heavy atom. The first-order valence-corrected chi connectivity index (χ1v) is 9.34. The van der Waals surface area contributed by atoms with Crippen LogP contribution in [0.2, 0.25) is 0 Å². The van der Waals surface area contributed by atoms with Crippen molar-refractivity contribution in [3.05, 3.63) is 59.8 Å². The molecule has 1 aromatic heterocycles. The second-order valence-corrected chi connectivity index (χ2v) is 7.57. The molecule has 2 aromatic rings. The Hall–Kier alpha value is -3.66. The number of hydrazine groups is 2. The lowest BCUT2D eigenvalue weighted by Crippen LogP contribution is -2.54. The number of hydrogen-bond donors (Lipinski definition) is 3. The molecule has 30 heavy (non-hydrogen) atoms. The van der Waals surface area contributed by atoms with Crippen LogP contribution in [0.4, 0.5) is 10.6 Å². The van der Waals surface area contributed by atoms with Crippen LogP contribution < -0.4 is 10.9 Å². The molecule has 0 unspecified atom stereocenters. The SMILES string of the molecule is CN1C(C(=NOCc2cccc(NC(=O)O)n2)c2ccccc2)=NNN1C(C)(C)C. The highest BCUT2D eigenvalue weighted by molar-refractivity contribution is 6.47. The van der Waals surface area contributed by atoms with Crippen LogP contribution >= 0.6 is 0 Å². The van der Waals surface area contributed by atoms with E-state index in [-0.39, 0.29) is 18.0 Å². The number of anilines is 1. The van der Waals surface area contributed by atoms with Crippen LogP contribution in [0.15, 0.2) is 58.8 Å². The van der Waals surface area contributed by atoms with Crippen LogP contribution in [0.1, 0.15) is 32.0 Å². The molecule has 3 rings (SSSR count). The van der Waals surface area contributed by atoms with Crippen LogP contribution in [-0.4, -0.2) is 50.4 Å². The van der Waals surface area contributed by atoms with Gasteiger partial charge in [-0.1, -0.05) is 41.6 Å². The number of carboxylic acid groups (broad SMARTS) is 1. The van der Waals surface area contributed by atoms with E-state index in [1.165, 1.54) is 0 Å². The molecule has 1 aromatic carbocycles. The third-order valence-electron chi connectivity index (χ3n) is 4.16. The number of pyridine rings is 1. The molecule has 0 saturated heterocycles. The fraction of sp³-hybridized carbons (Fsp3) is 0.300. The van der Waals surface area contributed by atoms with E-state index in [9.17, 15) is 4.79 Å². The molecule has 1 aliphatic rings. The average molecular weight is 411 g/mol. The fourth-order valence-corrected chi connectivity index (χ4v) is 2.86. The lowest BCUT2D eigenvalue weighted by Gasteiger charge is -2.36. The number of benzene rings is 1. The Morgan fingerprint density at radius 3 is 2.57 bits per heavy atom. The summed E-state index contributed by atoms with van der Waals surface area (Å²) in [5.41, 5.74) is 4.74. The molecule has 3 N–H and O–H groups in total. The van der Waals surface area contributed by atoms with Gasteiger partial charge in [-0.05, 0) is 32.9 Å². The van der Waals surface area contributed by atoms with Gasteiger partial charge in [-0.3, -0.25) is 10.3 Å². The largest absolute Gasteiger partial charge is 0.465 e. The highest BCUT2D eigenvalue weighted by atomic mass is 16.6. The van der Waals surface area contributed by atoms with E-state index in [0.29, 0.717) is 17.2 Å². The quantitative estimate of drug-likeness (QED) is 0.495. The minimum Gasteiger partial charge on any atom is -0.465 e. The van der Waals surface area contributed by atoms with Gasteiger partial charge in [0.2, 0.25) is 0 Å². The predicted molar refractivity (Wildman–Crippen MR) is 114 cm³/mol. The first kappa shape index (κ1) is 21.1. The smallest absolute Gasteiger partial charge is 0.410 e. The number of rotatable bonds is 6. The number of likely N-dealkylation sites (N-methyl/N-ethyl adjacent to an activating group) is 1. The molecule has 10 nitrogen and oxygen atoms in total. The van der Waals surface area contributed by atoms with E-state index in [2.05, 4.69) is 46.9 Å². The van der Waals surface area contributed by atoms with Crippen molar-refractivity contribution in [3.8, 4) is 0 Å². The van der Waals surface area contributed by atoms with Crippen molar-refractivity contribution in [1.29, 1.82) is 0 Å². The molecule has 0 fully saturated rings. The van der Waals surface area contributed by atoms with Crippen LogP contribution in [0.25, 0.3) is 0 Å². The zero-order chi connectivity index (χ0) is 21.7. The summed E-state index contributed by atoms with van der Waals surface area (Å²) in [7, 11) is 1.89. The van der Waals surface area contributed by atoms with Crippen LogP contribution in [0.3, 0.4) is 0 Å². The number of carbonyl (C=O) groups is 1. The topological polar surface area (TPSA) is 115 Å². The van der Waals surface area contributed by atoms with E-state index in [0.717, 1.165) is 5.56 Å². The van der Waals surface area contributed by atoms with E-state index in [1.807, 2.05) is 47.5 Å². The van der Waals surface area contributed by atoms with Crippen molar-refractivity contribution in [1.82, 2.24) is 20.6 Å². The summed E-state index contributed by atoms with van der Waals surface area (Å²) in [6, 6.07) is 14.6. The maximum atomic E-state index is 10.8. The summed E-state index contributed by atoms with van der Waals surface area (Å²) >= 11 is 0. The zero-order valence-electron chi connectivity index (χ0n) is 17.3. The van der Waals surface area contributed by atoms with Crippen molar-refractivity contribution in [2.75, 3.05) is 12.4 Å². The summed E-state index contributed by atoms with van der Waals surface area (Å²) in [6.07, 6.45) is -1.18. The van der Waals surface area contributed by atoms with Gasteiger partial charge >= 0.3 is 6.09 Å². The standard InChI is InChI=1S/C20H25N7O3/c1-20(2,3)27-25-23-18(26(27)4)17(14-9-6-5-7-10-14)24-30-13-15-11-8-12-16(21-15)22-19(28)29/h5-12,25H,13H2,1-4H3,(H,21,22)(H,28,29). The number of amidine groups is 1. The molecule has 0 radical (unpaired) electrons. The average Bonchev–Trinajstić information content (AvgIpc) is 3.07. The number of aromatic nitrogens is 1. The maximum Gasteiger partial charge on any atom is 0.410 e. The van der Waals surface area contributed by atoms with Crippen LogP contribution in [0, 0.1) is 0 Å². The van der Waals surface area contributed by atoms with Crippen molar-refractivity contribution in [3.63, 3.8) is 0 Å². The van der Waals surface area contributed by atoms with Gasteiger partial charge in [0.25, 0.3) is 0 Å². The highest BCUT2D eigenvalue weighted by Gasteiger charge is 2.34. The zero-order valence-corrected chi connectivity index (χ0v) is 17.3. The van der Waals surface area contributed by atoms with Gasteiger partial charge in [-0.25, -0.2) is 15.3 Å². The molecule has 10 heteroatoms. The summed E-state index contributed by atoms with van der Waals surface area (Å²) in [4.78, 5) is 20.5. The van der Waals surface area contributed by atoms with Gasteiger partial charge in [0.05, 0.1) is 11.2 Å². The van der Waals surface area contributed by atoms with Crippen molar-refractivity contribution in [2.45, 2.75) is 32.9 Å². The first-order valence-electron chi connectivity index (χ1n) is 9.34. The van der Waals surface area contributed by atoms with E-state index >= 15 is 0 Å². The van der Waals surface area contributed by atoms with Crippen molar-refractivity contribution >= 4 is 23.5 Å². The van der Waals surface area contributed by atoms with Gasteiger partial charge in [0.1, 0.15) is 5.82 Å². The number of hydrogen-bond acceptors (Lipinski definition) is 8. The molecule has 0 saturated carbocycles. The molecule has 1 aliphatic heterocycles. The molecule has 158 valence electrons. The third-order valence-corrected chi connectivity index (χ3v) is 4.16. The molecular weight excluding hydrogens is 386 g/mol. The lowest BCUT2D eigenvalue weighted by atomic mass is 10.1. The Morgan fingerprint density at radius 2 is 1.93 bits per heavy atom. The number of oxime groups is 1. The number of amides is 1. The summed E-state index contributed by atoms with van der Waals surface area (Å²) in [6.45, 7) is 6.26. The highest BCUT2D eigenvalue weighted by Crippen LogP contribution is 2.19. The Bertz CT molecular complexity index is 954. The Labute approximate surface area is 174 Å². The van der Waals surface area contributed by atoms with Crippen molar-refractivity contribution in [2.24, 2.45) is 10.3 Å². The molecular formula is C20H25N7O3. The number of hydrazone groups is 1. The third kappa shape index (κ3) is 5.03. The number of nitrogens with zero attached hydrogens (tertiary/aromatic N) is 5. The van der Waals surface area contributed by atoms with Crippen molar-refractivity contribution < 1.29 is 14.7 Å². The summed E-state index contributed by atoms with van der Waals surface area (Å²) < 4.78 is 0. The normalized spacial score (nSPS) is 14.9. The van der Waals surface area contributed by atoms with Gasteiger partial charge in [0.15, 0.2) is 18.2 Å². The van der Waals surface area contributed by atoms with Gasteiger partial charge < -0.3 is 9.94 Å². The predicted octanol–water partition coefficient (Wildman–Crippen LogP) is 2.87. The fourth-order valence-electron chi connectivity index (χ4n) is 2.86. The maximum absolute atomic E-state index is 10.8. The van der Waals surface area contributed by atoms with E-state index in [1.54, 1.807) is 18.2 Å². The molecule has 1 amide bonds. The Kier molecular flexibility index (Phi) is 6.17. The molecule has 2 heterocycles. The van der Waals surface area contributed by atoms with E-state index < -0.39 is 6.09 Å². The minimum absolute atomic E-state index is 0.0683. The molecule has 0 spiro atoms. The first-order chi connectivity index (χ1) is 14.3. The van der Waals surface area contributed by atoms with E-state index in [4.69, 9.17) is 9.94 Å². The molecule has 0 aliphatic carbocycles. The number of nitrogens with one attached hydrogen (secondary N) is 2. The second-order valence-electron chi connectivity index (χ2n) is 7.57. The summed E-state index contributed by atoms with van der Waals surface area (Å²) in [5.74, 6) is 0.825. The second kappa shape index (κ2) is 8.78. The molecule has 0 atom stereocenters.